The van der Waals surface area contributed by atoms with Crippen molar-refractivity contribution in [3.05, 3.63) is 53.3 Å². The lowest BCUT2D eigenvalue weighted by molar-refractivity contribution is -0.121. The first-order chi connectivity index (χ1) is 14.8. The van der Waals surface area contributed by atoms with Crippen molar-refractivity contribution in [3.63, 3.8) is 0 Å². The molecule has 9 heteroatoms. The molecule has 1 fully saturated rings. The highest BCUT2D eigenvalue weighted by molar-refractivity contribution is 6.04. The molecule has 0 aliphatic carbocycles. The van der Waals surface area contributed by atoms with Gasteiger partial charge in [-0.15, -0.1) is 0 Å². The lowest BCUT2D eigenvalue weighted by Crippen LogP contribution is -2.43. The second-order valence-corrected chi connectivity index (χ2v) is 7.20. The summed E-state index contributed by atoms with van der Waals surface area (Å²) in [4.78, 5) is 39.1. The third-order valence-electron chi connectivity index (χ3n) is 5.22. The maximum atomic E-state index is 13.1. The van der Waals surface area contributed by atoms with Crippen LogP contribution < -0.4 is 20.5 Å². The number of nitrogens with one attached hydrogen (secondary N) is 1. The summed E-state index contributed by atoms with van der Waals surface area (Å²) in [5, 5.41) is 2.73. The third-order valence-corrected chi connectivity index (χ3v) is 5.22. The fraction of sp³-hybridized carbons (Fsp3) is 0.318. The number of likely N-dealkylation sites (tertiary alicyclic amines) is 1. The number of amides is 3. The fourth-order valence-electron chi connectivity index (χ4n) is 3.57. The van der Waals surface area contributed by atoms with Crippen LogP contribution in [-0.4, -0.2) is 49.9 Å². The first-order valence-electron chi connectivity index (χ1n) is 9.75. The van der Waals surface area contributed by atoms with Gasteiger partial charge < -0.3 is 25.4 Å². The number of hydrogen-bond donors (Lipinski definition) is 2. The van der Waals surface area contributed by atoms with Crippen LogP contribution in [0.3, 0.4) is 0 Å². The van der Waals surface area contributed by atoms with Gasteiger partial charge in [0.15, 0.2) is 11.5 Å². The Morgan fingerprint density at radius 3 is 2.35 bits per heavy atom. The van der Waals surface area contributed by atoms with Gasteiger partial charge in [-0.3, -0.25) is 14.4 Å². The largest absolute Gasteiger partial charge is 0.493 e. The van der Waals surface area contributed by atoms with Crippen LogP contribution in [0.5, 0.6) is 11.5 Å². The van der Waals surface area contributed by atoms with E-state index < -0.39 is 17.6 Å². The van der Waals surface area contributed by atoms with Crippen molar-refractivity contribution in [1.29, 1.82) is 0 Å². The Balaban J connectivity index is 1.76. The second kappa shape index (κ2) is 9.46. The number of ether oxygens (including phenoxy) is 2. The summed E-state index contributed by atoms with van der Waals surface area (Å²) in [6.07, 6.45) is 1.22. The van der Waals surface area contributed by atoms with E-state index in [1.807, 2.05) is 0 Å². The van der Waals surface area contributed by atoms with E-state index in [4.69, 9.17) is 15.2 Å². The average Bonchev–Trinajstić information content (AvgIpc) is 2.78. The van der Waals surface area contributed by atoms with Crippen molar-refractivity contribution in [2.75, 3.05) is 32.6 Å². The van der Waals surface area contributed by atoms with Gasteiger partial charge in [-0.2, -0.15) is 0 Å². The number of nitrogens with two attached hydrogens (primary N) is 1. The van der Waals surface area contributed by atoms with Crippen molar-refractivity contribution >= 4 is 23.4 Å². The maximum Gasteiger partial charge on any atom is 0.253 e. The van der Waals surface area contributed by atoms with Gasteiger partial charge in [-0.05, 0) is 43.2 Å². The molecular weight excluding hydrogens is 405 g/mol. The van der Waals surface area contributed by atoms with Crippen LogP contribution in [0.25, 0.3) is 0 Å². The summed E-state index contributed by atoms with van der Waals surface area (Å²) >= 11 is 0. The normalized spacial score (nSPS) is 15.8. The summed E-state index contributed by atoms with van der Waals surface area (Å²) in [7, 11) is 2.86. The number of rotatable bonds is 6. The van der Waals surface area contributed by atoms with E-state index >= 15 is 0 Å². The summed E-state index contributed by atoms with van der Waals surface area (Å²) in [6, 6.07) is 8.17. The van der Waals surface area contributed by atoms with E-state index in [1.165, 1.54) is 50.6 Å². The highest BCUT2D eigenvalue weighted by Gasteiger charge is 2.30. The fourth-order valence-corrected chi connectivity index (χ4v) is 3.57. The van der Waals surface area contributed by atoms with Gasteiger partial charge in [0.25, 0.3) is 11.8 Å². The Hall–Kier alpha value is -3.62. The van der Waals surface area contributed by atoms with Crippen LogP contribution in [0.4, 0.5) is 10.1 Å². The van der Waals surface area contributed by atoms with E-state index in [-0.39, 0.29) is 29.6 Å². The van der Waals surface area contributed by atoms with E-state index in [9.17, 15) is 18.8 Å². The van der Waals surface area contributed by atoms with Gasteiger partial charge in [0.1, 0.15) is 5.82 Å². The molecule has 0 aromatic heterocycles. The molecule has 0 spiro atoms. The number of primary amides is 1. The predicted molar refractivity (Wildman–Crippen MR) is 112 cm³/mol. The first kappa shape index (κ1) is 22.1. The molecule has 0 bridgehead atoms. The molecule has 164 valence electrons. The molecule has 2 aromatic rings. The lowest BCUT2D eigenvalue weighted by Gasteiger charge is -2.32. The number of benzene rings is 2. The minimum atomic E-state index is -0.729. The number of carbonyl (C=O) groups excluding carboxylic acids is 3. The van der Waals surface area contributed by atoms with Crippen LogP contribution in [0.2, 0.25) is 0 Å². The van der Waals surface area contributed by atoms with E-state index in [0.29, 0.717) is 36.4 Å². The van der Waals surface area contributed by atoms with Crippen molar-refractivity contribution in [2.24, 2.45) is 11.7 Å². The zero-order valence-corrected chi connectivity index (χ0v) is 17.3. The second-order valence-electron chi connectivity index (χ2n) is 7.20. The van der Waals surface area contributed by atoms with Crippen LogP contribution in [0, 0.1) is 11.7 Å². The van der Waals surface area contributed by atoms with Crippen LogP contribution in [0.1, 0.15) is 33.6 Å². The molecule has 3 N–H and O–H groups in total. The van der Waals surface area contributed by atoms with Crippen molar-refractivity contribution in [3.8, 4) is 11.5 Å². The molecule has 3 amide bonds. The monoisotopic (exact) mass is 429 g/mol. The maximum absolute atomic E-state index is 13.1. The van der Waals surface area contributed by atoms with Crippen LogP contribution >= 0.6 is 0 Å². The van der Waals surface area contributed by atoms with Crippen LogP contribution in [0.15, 0.2) is 36.4 Å². The average molecular weight is 429 g/mol. The number of halogens is 1. The minimum absolute atomic E-state index is 0.0843. The minimum Gasteiger partial charge on any atom is -0.493 e. The summed E-state index contributed by atoms with van der Waals surface area (Å²) in [5.41, 5.74) is 6.10. The zero-order chi connectivity index (χ0) is 22.5. The summed E-state index contributed by atoms with van der Waals surface area (Å²) in [6.45, 7) is 0.712. The molecule has 1 saturated heterocycles. The first-order valence-corrected chi connectivity index (χ1v) is 9.75. The lowest BCUT2D eigenvalue weighted by atomic mass is 9.96. The highest BCUT2D eigenvalue weighted by atomic mass is 19.1. The number of hydrogen-bond acceptors (Lipinski definition) is 5. The smallest absolute Gasteiger partial charge is 0.253 e. The number of methoxy groups -OCH3 is 2. The molecule has 3 rings (SSSR count). The molecule has 1 unspecified atom stereocenters. The van der Waals surface area contributed by atoms with Gasteiger partial charge >= 0.3 is 0 Å². The van der Waals surface area contributed by atoms with Gasteiger partial charge in [0.2, 0.25) is 5.91 Å². The summed E-state index contributed by atoms with van der Waals surface area (Å²) < 4.78 is 23.5. The number of piperidine rings is 1. The molecule has 0 radical (unpaired) electrons. The Labute approximate surface area is 179 Å². The molecule has 31 heavy (non-hydrogen) atoms. The Bertz CT molecular complexity index is 993. The van der Waals surface area contributed by atoms with E-state index in [2.05, 4.69) is 5.32 Å². The molecule has 1 aliphatic heterocycles. The predicted octanol–water partition coefficient (Wildman–Crippen LogP) is 2.43. The van der Waals surface area contributed by atoms with Gasteiger partial charge in [0.05, 0.1) is 31.4 Å². The standard InChI is InChI=1S/C22H24FN3O5/c1-30-18-10-16(20(24)27)17(11-19(18)31-2)25-21(28)14-4-3-9-26(12-14)22(29)13-5-7-15(23)8-6-13/h5-8,10-11,14H,3-4,9,12H2,1-2H3,(H2,24,27)(H,25,28). The number of anilines is 1. The molecule has 8 nitrogen and oxygen atoms in total. The quantitative estimate of drug-likeness (QED) is 0.733. The zero-order valence-electron chi connectivity index (χ0n) is 17.3. The van der Waals surface area contributed by atoms with Gasteiger partial charge in [0, 0.05) is 24.7 Å². The Morgan fingerprint density at radius 1 is 1.10 bits per heavy atom. The topological polar surface area (TPSA) is 111 Å². The Kier molecular flexibility index (Phi) is 6.74. The van der Waals surface area contributed by atoms with E-state index in [1.54, 1.807) is 4.90 Å². The number of nitrogens with zero attached hydrogens (tertiary/aromatic N) is 1. The molecule has 1 heterocycles. The van der Waals surface area contributed by atoms with Crippen molar-refractivity contribution in [2.45, 2.75) is 12.8 Å². The third kappa shape index (κ3) is 4.93. The molecule has 2 aromatic carbocycles. The van der Waals surface area contributed by atoms with Crippen molar-refractivity contribution in [1.82, 2.24) is 4.90 Å². The SMILES string of the molecule is COc1cc(NC(=O)C2CCCN(C(=O)c3ccc(F)cc3)C2)c(C(N)=O)cc1OC. The highest BCUT2D eigenvalue weighted by Crippen LogP contribution is 2.33. The molecule has 0 saturated carbocycles. The Morgan fingerprint density at radius 2 is 1.74 bits per heavy atom. The molecule has 1 atom stereocenters. The van der Waals surface area contributed by atoms with Crippen molar-refractivity contribution < 1.29 is 28.2 Å². The number of carbonyl (C=O) groups is 3. The van der Waals surface area contributed by atoms with Gasteiger partial charge in [-0.25, -0.2) is 4.39 Å². The molecule has 1 aliphatic rings. The molecular formula is C22H24FN3O5. The van der Waals surface area contributed by atoms with E-state index in [0.717, 1.165) is 0 Å². The van der Waals surface area contributed by atoms with Crippen LogP contribution in [-0.2, 0) is 4.79 Å². The van der Waals surface area contributed by atoms with Gasteiger partial charge in [-0.1, -0.05) is 0 Å². The summed E-state index contributed by atoms with van der Waals surface area (Å²) in [5.74, 6) is -1.59.